The van der Waals surface area contributed by atoms with Crippen LogP contribution in [0.5, 0.6) is 0 Å². The van der Waals surface area contributed by atoms with Gasteiger partial charge >= 0.3 is 5.97 Å². The van der Waals surface area contributed by atoms with Crippen LogP contribution in [-0.4, -0.2) is 46.2 Å². The van der Waals surface area contributed by atoms with Crippen LogP contribution < -0.4 is 0 Å². The number of carbonyl (C=O) groups is 1. The molecule has 0 unspecified atom stereocenters. The average molecular weight is 398 g/mol. The zero-order chi connectivity index (χ0) is 21.0. The maximum Gasteiger partial charge on any atom is 0.333 e. The summed E-state index contributed by atoms with van der Waals surface area (Å²) < 4.78 is 5.25. The monoisotopic (exact) mass is 397 g/mol. The van der Waals surface area contributed by atoms with Crippen LogP contribution in [0.1, 0.15) is 51.7 Å². The van der Waals surface area contributed by atoms with E-state index in [0.29, 0.717) is 23.6 Å². The lowest BCUT2D eigenvalue weighted by molar-refractivity contribution is -0.146. The van der Waals surface area contributed by atoms with Gasteiger partial charge < -0.3 is 14.9 Å². The summed E-state index contributed by atoms with van der Waals surface area (Å²) in [6, 6.07) is 6.81. The van der Waals surface area contributed by atoms with Crippen molar-refractivity contribution in [2.45, 2.75) is 64.7 Å². The molecule has 5 rings (SSSR count). The molecule has 0 aliphatic heterocycles. The van der Waals surface area contributed by atoms with E-state index in [9.17, 15) is 15.0 Å². The second-order valence-electron chi connectivity index (χ2n) is 9.40. The molecule has 0 heterocycles. The summed E-state index contributed by atoms with van der Waals surface area (Å²) in [6.45, 7) is 8.14. The van der Waals surface area contributed by atoms with Crippen molar-refractivity contribution in [3.63, 3.8) is 0 Å². The van der Waals surface area contributed by atoms with E-state index < -0.39 is 23.7 Å². The predicted octanol–water partition coefficient (Wildman–Crippen LogP) is 3.18. The van der Waals surface area contributed by atoms with Gasteiger partial charge in [-0.15, -0.1) is 0 Å². The molecule has 2 N–H and O–H groups in total. The van der Waals surface area contributed by atoms with Crippen LogP contribution in [0.3, 0.4) is 0 Å². The standard InChI is InChI=1S/C24H31NO4/c1-5-29-22(27)20(21(26)17-11-10-14-8-6-7-9-16(14)17)25-19-13-15-12-18(23(15,2)3)24(19,4)28/h6-9,11,15,18,20-21,26,28H,5,10,12-13H2,1-4H3/b25-19+/t15-,18-,20-,21-,24-/m0/s1. The van der Waals surface area contributed by atoms with Crippen LogP contribution in [0.15, 0.2) is 35.3 Å². The topological polar surface area (TPSA) is 79.1 Å². The van der Waals surface area contributed by atoms with Gasteiger partial charge in [0.25, 0.3) is 0 Å². The first-order valence-corrected chi connectivity index (χ1v) is 10.6. The van der Waals surface area contributed by atoms with Crippen LogP contribution in [0.4, 0.5) is 0 Å². The smallest absolute Gasteiger partial charge is 0.333 e. The van der Waals surface area contributed by atoms with Crippen molar-refractivity contribution in [2.24, 2.45) is 22.2 Å². The number of aliphatic hydroxyl groups is 2. The van der Waals surface area contributed by atoms with Crippen LogP contribution in [0, 0.1) is 17.3 Å². The van der Waals surface area contributed by atoms with Gasteiger partial charge in [0.05, 0.1) is 6.61 Å². The highest BCUT2D eigenvalue weighted by molar-refractivity contribution is 5.97. The molecule has 29 heavy (non-hydrogen) atoms. The van der Waals surface area contributed by atoms with E-state index in [1.807, 2.05) is 30.3 Å². The normalized spacial score (nSPS) is 32.8. The highest BCUT2D eigenvalue weighted by Crippen LogP contribution is 2.61. The Morgan fingerprint density at radius 2 is 2.03 bits per heavy atom. The minimum Gasteiger partial charge on any atom is -0.464 e. The number of allylic oxidation sites excluding steroid dienone is 1. The van der Waals surface area contributed by atoms with Crippen LogP contribution >= 0.6 is 0 Å². The Balaban J connectivity index is 1.67. The van der Waals surface area contributed by atoms with Crippen molar-refractivity contribution in [1.82, 2.24) is 0 Å². The lowest BCUT2D eigenvalue weighted by Gasteiger charge is -2.62. The Labute approximate surface area is 172 Å². The summed E-state index contributed by atoms with van der Waals surface area (Å²) in [5.41, 5.74) is 2.39. The number of rotatable bonds is 5. The van der Waals surface area contributed by atoms with Crippen molar-refractivity contribution in [3.05, 3.63) is 41.5 Å². The number of benzene rings is 1. The molecule has 3 saturated carbocycles. The third kappa shape index (κ3) is 3.15. The number of fused-ring (bicyclic) bond motifs is 3. The summed E-state index contributed by atoms with van der Waals surface area (Å²) in [4.78, 5) is 17.4. The van der Waals surface area contributed by atoms with Crippen molar-refractivity contribution in [2.75, 3.05) is 6.61 Å². The van der Waals surface area contributed by atoms with Gasteiger partial charge in [0, 0.05) is 5.71 Å². The third-order valence-corrected chi connectivity index (χ3v) is 7.48. The van der Waals surface area contributed by atoms with Crippen LogP contribution in [-0.2, 0) is 16.0 Å². The van der Waals surface area contributed by atoms with Gasteiger partial charge in [0.2, 0.25) is 0 Å². The highest BCUT2D eigenvalue weighted by Gasteiger charge is 2.61. The first-order chi connectivity index (χ1) is 13.7. The zero-order valence-corrected chi connectivity index (χ0v) is 17.7. The van der Waals surface area contributed by atoms with E-state index in [0.717, 1.165) is 24.0 Å². The fraction of sp³-hybridized carbons (Fsp3) is 0.583. The molecule has 0 saturated heterocycles. The highest BCUT2D eigenvalue weighted by atomic mass is 16.5. The van der Waals surface area contributed by atoms with Crippen molar-refractivity contribution >= 4 is 17.3 Å². The van der Waals surface area contributed by atoms with Gasteiger partial charge in [-0.05, 0) is 67.1 Å². The number of nitrogens with zero attached hydrogens (tertiary/aromatic N) is 1. The number of carbonyl (C=O) groups excluding carboxylic acids is 1. The number of esters is 1. The molecule has 2 bridgehead atoms. The predicted molar refractivity (Wildman–Crippen MR) is 113 cm³/mol. The van der Waals surface area contributed by atoms with E-state index in [2.05, 4.69) is 18.8 Å². The van der Waals surface area contributed by atoms with E-state index in [-0.39, 0.29) is 17.9 Å². The number of aliphatic hydroxyl groups excluding tert-OH is 1. The quantitative estimate of drug-likeness (QED) is 0.748. The molecule has 5 atom stereocenters. The lowest BCUT2D eigenvalue weighted by Crippen LogP contribution is -2.65. The Kier molecular flexibility index (Phi) is 4.94. The summed E-state index contributed by atoms with van der Waals surface area (Å²) >= 11 is 0. The number of hydrogen-bond acceptors (Lipinski definition) is 5. The van der Waals surface area contributed by atoms with Gasteiger partial charge in [0.1, 0.15) is 11.7 Å². The van der Waals surface area contributed by atoms with E-state index in [4.69, 9.17) is 4.74 Å². The maximum atomic E-state index is 12.8. The minimum atomic E-state index is -1.10. The molecule has 5 nitrogen and oxygen atoms in total. The maximum absolute atomic E-state index is 12.8. The van der Waals surface area contributed by atoms with Gasteiger partial charge in [0.15, 0.2) is 6.04 Å². The van der Waals surface area contributed by atoms with E-state index in [1.54, 1.807) is 13.8 Å². The second-order valence-corrected chi connectivity index (χ2v) is 9.40. The molecule has 4 aliphatic rings. The summed E-state index contributed by atoms with van der Waals surface area (Å²) in [5.74, 6) is 0.00360. The zero-order valence-electron chi connectivity index (χ0n) is 17.7. The van der Waals surface area contributed by atoms with E-state index in [1.165, 1.54) is 0 Å². The molecule has 1 aromatic carbocycles. The van der Waals surface area contributed by atoms with Crippen molar-refractivity contribution < 1.29 is 19.7 Å². The third-order valence-electron chi connectivity index (χ3n) is 7.48. The number of ether oxygens (including phenoxy) is 1. The van der Waals surface area contributed by atoms with Gasteiger partial charge in [-0.1, -0.05) is 44.2 Å². The average Bonchev–Trinajstić information content (AvgIpc) is 3.10. The Morgan fingerprint density at radius 1 is 1.31 bits per heavy atom. The molecule has 0 amide bonds. The summed E-state index contributed by atoms with van der Waals surface area (Å²) in [5, 5.41) is 22.4. The van der Waals surface area contributed by atoms with Gasteiger partial charge in [-0.25, -0.2) is 4.79 Å². The Bertz CT molecular complexity index is 883. The largest absolute Gasteiger partial charge is 0.464 e. The fourth-order valence-electron chi connectivity index (χ4n) is 5.55. The van der Waals surface area contributed by atoms with Crippen molar-refractivity contribution in [3.8, 4) is 0 Å². The first kappa shape index (κ1) is 20.3. The minimum absolute atomic E-state index is 0.0630. The Morgan fingerprint density at radius 3 is 2.69 bits per heavy atom. The molecule has 0 aromatic heterocycles. The molecule has 5 heteroatoms. The number of hydrogen-bond donors (Lipinski definition) is 2. The molecular weight excluding hydrogens is 366 g/mol. The molecule has 0 spiro atoms. The van der Waals surface area contributed by atoms with E-state index >= 15 is 0 Å². The Hall–Kier alpha value is -1.98. The lowest BCUT2D eigenvalue weighted by atomic mass is 9.44. The van der Waals surface area contributed by atoms with Crippen molar-refractivity contribution in [1.29, 1.82) is 0 Å². The summed E-state index contributed by atoms with van der Waals surface area (Å²) in [7, 11) is 0. The SMILES string of the molecule is CCOC(=O)[C@@H](/N=C1\C[C@@H]2C[C@@H](C2(C)C)[C@]1(C)O)[C@@H](O)C1=CCc2ccccc21. The fourth-order valence-corrected chi connectivity index (χ4v) is 5.55. The van der Waals surface area contributed by atoms with Crippen LogP contribution in [0.25, 0.3) is 5.57 Å². The molecule has 0 radical (unpaired) electrons. The van der Waals surface area contributed by atoms with Gasteiger partial charge in [-0.2, -0.15) is 0 Å². The molecule has 156 valence electrons. The molecule has 3 fully saturated rings. The molecule has 4 aliphatic carbocycles. The summed E-state index contributed by atoms with van der Waals surface area (Å²) in [6.07, 6.45) is 3.21. The molecule has 1 aromatic rings. The van der Waals surface area contributed by atoms with Crippen LogP contribution in [0.2, 0.25) is 0 Å². The number of aliphatic imine (C=N–C) groups is 1. The molecular formula is C24H31NO4. The van der Waals surface area contributed by atoms with Gasteiger partial charge in [-0.3, -0.25) is 4.99 Å². The first-order valence-electron chi connectivity index (χ1n) is 10.6. The second kappa shape index (κ2) is 7.06.